The van der Waals surface area contributed by atoms with Gasteiger partial charge >= 0.3 is 0 Å². The predicted octanol–water partition coefficient (Wildman–Crippen LogP) is 2.99. The van der Waals surface area contributed by atoms with Gasteiger partial charge < -0.3 is 29.5 Å². The number of aromatic nitrogens is 1. The van der Waals surface area contributed by atoms with Crippen molar-refractivity contribution in [2.24, 2.45) is 0 Å². The van der Waals surface area contributed by atoms with Crippen molar-refractivity contribution in [3.8, 4) is 34.8 Å². The number of ether oxygens (including phenoxy) is 3. The molecule has 0 saturated heterocycles. The van der Waals surface area contributed by atoms with Crippen molar-refractivity contribution >= 4 is 0 Å². The summed E-state index contributed by atoms with van der Waals surface area (Å²) in [5.74, 6) is 0.999. The van der Waals surface area contributed by atoms with Gasteiger partial charge in [0.15, 0.2) is 11.5 Å². The Morgan fingerprint density at radius 2 is 2.00 bits per heavy atom. The molecule has 0 spiro atoms. The van der Waals surface area contributed by atoms with E-state index >= 15 is 0 Å². The van der Waals surface area contributed by atoms with Gasteiger partial charge in [-0.1, -0.05) is 6.07 Å². The van der Waals surface area contributed by atoms with Crippen LogP contribution in [0.1, 0.15) is 28.5 Å². The second kappa shape index (κ2) is 8.42. The molecule has 1 aliphatic heterocycles. The average Bonchev–Trinajstić information content (AvgIpc) is 2.78. The standard InChI is InChI=1S/C23H20N2O6/c1-29-20-5-3-14(6-22(20)30-12-15-4-2-13(10-24)11-25-15)23-19(28)9-17-18(27)7-16(26)8-21(17)31-23/h2-8,11,19,23,26-28H,9,12H2,1H3. The van der Waals surface area contributed by atoms with Crippen LogP contribution in [0.4, 0.5) is 0 Å². The fourth-order valence-electron chi connectivity index (χ4n) is 3.46. The first-order valence-electron chi connectivity index (χ1n) is 9.54. The summed E-state index contributed by atoms with van der Waals surface area (Å²) < 4.78 is 17.1. The van der Waals surface area contributed by atoms with Gasteiger partial charge in [-0.3, -0.25) is 4.98 Å². The number of pyridine rings is 1. The van der Waals surface area contributed by atoms with Crippen LogP contribution in [0, 0.1) is 11.3 Å². The average molecular weight is 420 g/mol. The lowest BCUT2D eigenvalue weighted by Gasteiger charge is -2.31. The lowest BCUT2D eigenvalue weighted by Crippen LogP contribution is -2.30. The maximum atomic E-state index is 10.6. The Morgan fingerprint density at radius 1 is 1.16 bits per heavy atom. The van der Waals surface area contributed by atoms with E-state index in [4.69, 9.17) is 19.5 Å². The molecular formula is C23H20N2O6. The molecule has 0 fully saturated rings. The molecule has 8 heteroatoms. The molecule has 8 nitrogen and oxygen atoms in total. The first kappa shape index (κ1) is 20.3. The number of nitrogens with zero attached hydrogens (tertiary/aromatic N) is 2. The third-order valence-corrected chi connectivity index (χ3v) is 5.03. The molecule has 1 aliphatic rings. The van der Waals surface area contributed by atoms with E-state index in [1.165, 1.54) is 25.4 Å². The quantitative estimate of drug-likeness (QED) is 0.575. The van der Waals surface area contributed by atoms with E-state index < -0.39 is 12.2 Å². The van der Waals surface area contributed by atoms with Gasteiger partial charge in [0.05, 0.1) is 24.5 Å². The summed E-state index contributed by atoms with van der Waals surface area (Å²) in [7, 11) is 1.52. The highest BCUT2D eigenvalue weighted by Gasteiger charge is 2.32. The summed E-state index contributed by atoms with van der Waals surface area (Å²) in [6, 6.07) is 13.2. The zero-order valence-electron chi connectivity index (χ0n) is 16.6. The van der Waals surface area contributed by atoms with Crippen LogP contribution in [0.2, 0.25) is 0 Å². The molecule has 3 aromatic rings. The zero-order chi connectivity index (χ0) is 22.0. The number of benzene rings is 2. The van der Waals surface area contributed by atoms with E-state index in [0.29, 0.717) is 39.6 Å². The molecule has 3 N–H and O–H groups in total. The van der Waals surface area contributed by atoms with Gasteiger partial charge in [0, 0.05) is 30.3 Å². The zero-order valence-corrected chi connectivity index (χ0v) is 16.6. The molecule has 1 aromatic heterocycles. The number of aromatic hydroxyl groups is 2. The fourth-order valence-corrected chi connectivity index (χ4v) is 3.46. The Morgan fingerprint density at radius 3 is 2.71 bits per heavy atom. The highest BCUT2D eigenvalue weighted by molar-refractivity contribution is 5.52. The van der Waals surface area contributed by atoms with Crippen LogP contribution < -0.4 is 14.2 Å². The van der Waals surface area contributed by atoms with E-state index in [9.17, 15) is 15.3 Å². The Labute approximate surface area is 178 Å². The van der Waals surface area contributed by atoms with Crippen molar-refractivity contribution < 1.29 is 29.5 Å². The number of hydrogen-bond acceptors (Lipinski definition) is 8. The molecule has 2 aromatic carbocycles. The molecule has 31 heavy (non-hydrogen) atoms. The van der Waals surface area contributed by atoms with Crippen molar-refractivity contribution in [2.45, 2.75) is 25.2 Å². The monoisotopic (exact) mass is 420 g/mol. The summed E-state index contributed by atoms with van der Waals surface area (Å²) in [5.41, 5.74) is 2.19. The van der Waals surface area contributed by atoms with Crippen LogP contribution in [0.5, 0.6) is 28.7 Å². The molecule has 4 rings (SSSR count). The van der Waals surface area contributed by atoms with Crippen molar-refractivity contribution in [3.63, 3.8) is 0 Å². The summed E-state index contributed by atoms with van der Waals surface area (Å²) in [6.07, 6.45) is 0.00373. The number of fused-ring (bicyclic) bond motifs is 1. The number of hydrogen-bond donors (Lipinski definition) is 3. The first-order chi connectivity index (χ1) is 15.0. The number of aliphatic hydroxyl groups excluding tert-OH is 1. The summed E-state index contributed by atoms with van der Waals surface area (Å²) in [5, 5.41) is 39.3. The van der Waals surface area contributed by atoms with Crippen LogP contribution in [-0.4, -0.2) is 33.5 Å². The molecule has 0 radical (unpaired) electrons. The fraction of sp³-hybridized carbons (Fsp3) is 0.217. The lowest BCUT2D eigenvalue weighted by molar-refractivity contribution is 0.0196. The van der Waals surface area contributed by atoms with Gasteiger partial charge in [-0.15, -0.1) is 0 Å². The molecule has 0 bridgehead atoms. The summed E-state index contributed by atoms with van der Waals surface area (Å²) >= 11 is 0. The van der Waals surface area contributed by atoms with Gasteiger partial charge in [0.2, 0.25) is 0 Å². The maximum absolute atomic E-state index is 10.6. The Balaban J connectivity index is 1.58. The van der Waals surface area contributed by atoms with E-state index in [0.717, 1.165) is 0 Å². The maximum Gasteiger partial charge on any atom is 0.162 e. The van der Waals surface area contributed by atoms with E-state index in [1.807, 2.05) is 6.07 Å². The molecule has 2 atom stereocenters. The third kappa shape index (κ3) is 4.17. The normalized spacial score (nSPS) is 17.2. The van der Waals surface area contributed by atoms with E-state index in [1.54, 1.807) is 30.3 Å². The summed E-state index contributed by atoms with van der Waals surface area (Å²) in [6.45, 7) is 0.157. The smallest absolute Gasteiger partial charge is 0.162 e. The van der Waals surface area contributed by atoms with Gasteiger partial charge in [-0.25, -0.2) is 0 Å². The van der Waals surface area contributed by atoms with Crippen LogP contribution in [0.3, 0.4) is 0 Å². The van der Waals surface area contributed by atoms with Crippen molar-refractivity contribution in [3.05, 3.63) is 71.0 Å². The van der Waals surface area contributed by atoms with Gasteiger partial charge in [-0.2, -0.15) is 5.26 Å². The van der Waals surface area contributed by atoms with Crippen molar-refractivity contribution in [1.29, 1.82) is 5.26 Å². The number of nitriles is 1. The minimum absolute atomic E-state index is 0.124. The number of rotatable bonds is 5. The SMILES string of the molecule is COc1ccc(C2Oc3cc(O)cc(O)c3CC2O)cc1OCc1ccc(C#N)cn1. The third-order valence-electron chi connectivity index (χ3n) is 5.03. The molecule has 2 heterocycles. The van der Waals surface area contributed by atoms with Crippen LogP contribution in [0.25, 0.3) is 0 Å². The lowest BCUT2D eigenvalue weighted by atomic mass is 9.94. The molecule has 2 unspecified atom stereocenters. The number of aliphatic hydroxyl groups is 1. The minimum atomic E-state index is -0.913. The summed E-state index contributed by atoms with van der Waals surface area (Å²) in [4.78, 5) is 4.19. The minimum Gasteiger partial charge on any atom is -0.508 e. The van der Waals surface area contributed by atoms with Crippen molar-refractivity contribution in [2.75, 3.05) is 7.11 Å². The highest BCUT2D eigenvalue weighted by Crippen LogP contribution is 2.43. The molecule has 0 saturated carbocycles. The number of phenols is 2. The molecule has 158 valence electrons. The Hall–Kier alpha value is -3.96. The van der Waals surface area contributed by atoms with Gasteiger partial charge in [0.25, 0.3) is 0 Å². The Kier molecular flexibility index (Phi) is 5.52. The molecule has 0 aliphatic carbocycles. The second-order valence-corrected chi connectivity index (χ2v) is 7.10. The number of phenolic OH excluding ortho intramolecular Hbond substituents is 2. The molecule has 0 amide bonds. The topological polar surface area (TPSA) is 125 Å². The molecular weight excluding hydrogens is 400 g/mol. The van der Waals surface area contributed by atoms with Crippen molar-refractivity contribution in [1.82, 2.24) is 4.98 Å². The van der Waals surface area contributed by atoms with E-state index in [-0.39, 0.29) is 24.5 Å². The van der Waals surface area contributed by atoms with Crippen LogP contribution in [0.15, 0.2) is 48.7 Å². The largest absolute Gasteiger partial charge is 0.508 e. The van der Waals surface area contributed by atoms with E-state index in [2.05, 4.69) is 4.98 Å². The predicted molar refractivity (Wildman–Crippen MR) is 109 cm³/mol. The van der Waals surface area contributed by atoms with Crippen LogP contribution >= 0.6 is 0 Å². The highest BCUT2D eigenvalue weighted by atomic mass is 16.5. The second-order valence-electron chi connectivity index (χ2n) is 7.10. The Bertz CT molecular complexity index is 1140. The number of methoxy groups -OCH3 is 1. The first-order valence-corrected chi connectivity index (χ1v) is 9.54. The van der Waals surface area contributed by atoms with Gasteiger partial charge in [0.1, 0.15) is 36.0 Å². The van der Waals surface area contributed by atoms with Gasteiger partial charge in [-0.05, 0) is 29.8 Å². The van der Waals surface area contributed by atoms with Crippen LogP contribution in [-0.2, 0) is 13.0 Å².